The number of likely N-dealkylation sites (tertiary alicyclic amines) is 1. The Labute approximate surface area is 158 Å². The fraction of sp³-hybridized carbons (Fsp3) is 0.333. The van der Waals surface area contributed by atoms with Gasteiger partial charge in [-0.05, 0) is 63.2 Å². The van der Waals surface area contributed by atoms with Gasteiger partial charge in [0.25, 0.3) is 0 Å². The second kappa shape index (κ2) is 8.77. The Hall–Kier alpha value is -2.73. The molecule has 2 amide bonds. The predicted molar refractivity (Wildman–Crippen MR) is 104 cm³/mol. The van der Waals surface area contributed by atoms with Crippen molar-refractivity contribution in [2.45, 2.75) is 19.8 Å². The number of rotatable bonds is 5. The van der Waals surface area contributed by atoms with Crippen LogP contribution in [-0.4, -0.2) is 36.3 Å². The van der Waals surface area contributed by atoms with Crippen molar-refractivity contribution < 1.29 is 14.0 Å². The Morgan fingerprint density at radius 1 is 1.04 bits per heavy atom. The first-order chi connectivity index (χ1) is 13.0. The summed E-state index contributed by atoms with van der Waals surface area (Å²) in [5.41, 5.74) is 2.40. The van der Waals surface area contributed by atoms with Crippen LogP contribution >= 0.6 is 0 Å². The number of amides is 2. The molecule has 0 atom stereocenters. The number of hydrogen-bond donors (Lipinski definition) is 2. The minimum Gasteiger partial charge on any atom is -0.326 e. The smallest absolute Gasteiger partial charge is 0.238 e. The lowest BCUT2D eigenvalue weighted by molar-refractivity contribution is -0.121. The number of anilines is 2. The molecular formula is C21H24FN3O2. The molecule has 1 fully saturated rings. The van der Waals surface area contributed by atoms with Crippen LogP contribution in [0.4, 0.5) is 15.8 Å². The van der Waals surface area contributed by atoms with Crippen molar-refractivity contribution in [3.63, 3.8) is 0 Å². The van der Waals surface area contributed by atoms with Gasteiger partial charge in [-0.1, -0.05) is 23.8 Å². The molecule has 1 aliphatic rings. The number of benzene rings is 2. The molecular weight excluding hydrogens is 345 g/mol. The van der Waals surface area contributed by atoms with Gasteiger partial charge in [-0.25, -0.2) is 4.39 Å². The van der Waals surface area contributed by atoms with E-state index >= 15 is 0 Å². The zero-order chi connectivity index (χ0) is 19.2. The summed E-state index contributed by atoms with van der Waals surface area (Å²) in [6, 6.07) is 13.6. The van der Waals surface area contributed by atoms with E-state index in [1.807, 2.05) is 31.2 Å². The molecule has 0 aromatic heterocycles. The Kier molecular flexibility index (Phi) is 6.19. The van der Waals surface area contributed by atoms with E-state index in [1.54, 1.807) is 12.1 Å². The predicted octanol–water partition coefficient (Wildman–Crippen LogP) is 3.42. The second-order valence-electron chi connectivity index (χ2n) is 6.96. The topological polar surface area (TPSA) is 61.4 Å². The van der Waals surface area contributed by atoms with Crippen LogP contribution in [0.15, 0.2) is 48.5 Å². The maximum atomic E-state index is 13.2. The van der Waals surface area contributed by atoms with E-state index in [4.69, 9.17) is 0 Å². The average Bonchev–Trinajstić information content (AvgIpc) is 2.64. The van der Waals surface area contributed by atoms with Crippen molar-refractivity contribution in [1.82, 2.24) is 4.90 Å². The van der Waals surface area contributed by atoms with Crippen LogP contribution in [0.2, 0.25) is 0 Å². The fourth-order valence-electron chi connectivity index (χ4n) is 3.20. The number of nitrogens with one attached hydrogen (secondary N) is 2. The lowest BCUT2D eigenvalue weighted by Crippen LogP contribution is -2.41. The highest BCUT2D eigenvalue weighted by molar-refractivity contribution is 5.93. The molecule has 0 saturated carbocycles. The third-order valence-electron chi connectivity index (χ3n) is 4.75. The van der Waals surface area contributed by atoms with Crippen LogP contribution in [0.1, 0.15) is 18.4 Å². The van der Waals surface area contributed by atoms with Crippen LogP contribution in [0.5, 0.6) is 0 Å². The maximum Gasteiger partial charge on any atom is 0.238 e. The van der Waals surface area contributed by atoms with Gasteiger partial charge in [-0.3, -0.25) is 14.5 Å². The number of aryl methyl sites for hydroxylation is 1. The molecule has 2 aromatic rings. The monoisotopic (exact) mass is 369 g/mol. The fourth-order valence-corrected chi connectivity index (χ4v) is 3.20. The third kappa shape index (κ3) is 5.62. The quantitative estimate of drug-likeness (QED) is 0.849. The summed E-state index contributed by atoms with van der Waals surface area (Å²) >= 11 is 0. The summed E-state index contributed by atoms with van der Waals surface area (Å²) in [6.45, 7) is 3.68. The SMILES string of the molecule is Cc1ccc(NC(=O)CN2CCC(C(=O)Nc3cccc(F)c3)CC2)cc1. The number of hydrogen-bond acceptors (Lipinski definition) is 3. The van der Waals surface area contributed by atoms with Crippen molar-refractivity contribution >= 4 is 23.2 Å². The molecule has 1 saturated heterocycles. The van der Waals surface area contributed by atoms with Gasteiger partial charge in [0.1, 0.15) is 5.82 Å². The van der Waals surface area contributed by atoms with Crippen molar-refractivity contribution in [3.05, 3.63) is 59.9 Å². The summed E-state index contributed by atoms with van der Waals surface area (Å²) in [7, 11) is 0. The van der Waals surface area contributed by atoms with Gasteiger partial charge in [0.05, 0.1) is 6.54 Å². The summed E-state index contributed by atoms with van der Waals surface area (Å²) < 4.78 is 13.2. The molecule has 0 unspecified atom stereocenters. The van der Waals surface area contributed by atoms with Crippen LogP contribution in [0.3, 0.4) is 0 Å². The molecule has 2 aromatic carbocycles. The Morgan fingerprint density at radius 2 is 1.74 bits per heavy atom. The molecule has 0 aliphatic carbocycles. The van der Waals surface area contributed by atoms with Crippen LogP contribution in [0.25, 0.3) is 0 Å². The largest absolute Gasteiger partial charge is 0.326 e. The van der Waals surface area contributed by atoms with Gasteiger partial charge in [0.2, 0.25) is 11.8 Å². The zero-order valence-electron chi connectivity index (χ0n) is 15.4. The molecule has 0 bridgehead atoms. The van der Waals surface area contributed by atoms with Gasteiger partial charge < -0.3 is 10.6 Å². The first-order valence-corrected chi connectivity index (χ1v) is 9.15. The second-order valence-corrected chi connectivity index (χ2v) is 6.96. The zero-order valence-corrected chi connectivity index (χ0v) is 15.4. The van der Waals surface area contributed by atoms with Crippen LogP contribution in [-0.2, 0) is 9.59 Å². The van der Waals surface area contributed by atoms with E-state index in [0.29, 0.717) is 38.2 Å². The van der Waals surface area contributed by atoms with Crippen LogP contribution < -0.4 is 10.6 Å². The molecule has 2 N–H and O–H groups in total. The highest BCUT2D eigenvalue weighted by Crippen LogP contribution is 2.20. The standard InChI is InChI=1S/C21H24FN3O2/c1-15-5-7-18(8-6-15)23-20(26)14-25-11-9-16(10-12-25)21(27)24-19-4-2-3-17(22)13-19/h2-8,13,16H,9-12,14H2,1H3,(H,23,26)(H,24,27). The lowest BCUT2D eigenvalue weighted by Gasteiger charge is -2.30. The lowest BCUT2D eigenvalue weighted by atomic mass is 9.96. The maximum absolute atomic E-state index is 13.2. The van der Waals surface area contributed by atoms with E-state index in [2.05, 4.69) is 15.5 Å². The van der Waals surface area contributed by atoms with Crippen molar-refractivity contribution in [2.75, 3.05) is 30.3 Å². The molecule has 142 valence electrons. The van der Waals surface area contributed by atoms with Crippen LogP contribution in [0, 0.1) is 18.7 Å². The summed E-state index contributed by atoms with van der Waals surface area (Å²) in [5.74, 6) is -0.641. The number of carbonyl (C=O) groups is 2. The summed E-state index contributed by atoms with van der Waals surface area (Å²) in [4.78, 5) is 26.6. The normalized spacial score (nSPS) is 15.3. The highest BCUT2D eigenvalue weighted by Gasteiger charge is 2.26. The molecule has 5 nitrogen and oxygen atoms in total. The number of halogens is 1. The Bertz CT molecular complexity index is 799. The first kappa shape index (κ1) is 19.0. The van der Waals surface area contributed by atoms with Gasteiger partial charge in [-0.15, -0.1) is 0 Å². The number of piperidine rings is 1. The molecule has 3 rings (SSSR count). The minimum atomic E-state index is -0.373. The van der Waals surface area contributed by atoms with Crippen molar-refractivity contribution in [3.8, 4) is 0 Å². The Balaban J connectivity index is 1.43. The average molecular weight is 369 g/mol. The van der Waals surface area contributed by atoms with E-state index in [9.17, 15) is 14.0 Å². The molecule has 1 heterocycles. The summed E-state index contributed by atoms with van der Waals surface area (Å²) in [5, 5.41) is 5.66. The van der Waals surface area contributed by atoms with Gasteiger partial charge in [0.15, 0.2) is 0 Å². The number of carbonyl (C=O) groups excluding carboxylic acids is 2. The highest BCUT2D eigenvalue weighted by atomic mass is 19.1. The van der Waals surface area contributed by atoms with Crippen molar-refractivity contribution in [2.24, 2.45) is 5.92 Å². The molecule has 0 radical (unpaired) electrons. The molecule has 1 aliphatic heterocycles. The molecule has 27 heavy (non-hydrogen) atoms. The number of nitrogens with zero attached hydrogens (tertiary/aromatic N) is 1. The Morgan fingerprint density at radius 3 is 2.41 bits per heavy atom. The van der Waals surface area contributed by atoms with E-state index < -0.39 is 0 Å². The molecule has 0 spiro atoms. The van der Waals surface area contributed by atoms with E-state index in [1.165, 1.54) is 12.1 Å². The van der Waals surface area contributed by atoms with Gasteiger partial charge >= 0.3 is 0 Å². The molecule has 6 heteroatoms. The van der Waals surface area contributed by atoms with E-state index in [0.717, 1.165) is 11.3 Å². The third-order valence-corrected chi connectivity index (χ3v) is 4.75. The van der Waals surface area contributed by atoms with Gasteiger partial charge in [-0.2, -0.15) is 0 Å². The minimum absolute atomic E-state index is 0.0542. The van der Waals surface area contributed by atoms with Gasteiger partial charge in [0, 0.05) is 17.3 Å². The first-order valence-electron chi connectivity index (χ1n) is 9.15. The summed E-state index contributed by atoms with van der Waals surface area (Å²) in [6.07, 6.45) is 1.36. The van der Waals surface area contributed by atoms with E-state index in [-0.39, 0.29) is 23.5 Å². The van der Waals surface area contributed by atoms with Crippen molar-refractivity contribution in [1.29, 1.82) is 0 Å².